The molecule has 0 aromatic heterocycles. The Hall–Kier alpha value is -0.960. The van der Waals surface area contributed by atoms with E-state index in [0.29, 0.717) is 0 Å². The van der Waals surface area contributed by atoms with E-state index in [9.17, 15) is 22.4 Å². The van der Waals surface area contributed by atoms with Gasteiger partial charge >= 0.3 is 17.6 Å². The van der Waals surface area contributed by atoms with Gasteiger partial charge < -0.3 is 15.2 Å². The lowest BCUT2D eigenvalue weighted by molar-refractivity contribution is -0.145. The van der Waals surface area contributed by atoms with Crippen molar-refractivity contribution in [3.05, 3.63) is 12.8 Å². The van der Waals surface area contributed by atoms with Crippen LogP contribution >= 0.6 is 11.8 Å². The molecule has 2 N–H and O–H groups in total. The molecular formula is C9H13F4NO3S. The smallest absolute Gasteiger partial charge is 0.353 e. The van der Waals surface area contributed by atoms with Gasteiger partial charge in [-0.1, -0.05) is 18.3 Å². The van der Waals surface area contributed by atoms with Gasteiger partial charge in [0.1, 0.15) is 19.3 Å². The summed E-state index contributed by atoms with van der Waals surface area (Å²) in [6.07, 6.45) is -2.68. The number of carbonyl (C=O) groups excluding carboxylic acids is 1. The second kappa shape index (κ2) is 8.20. The summed E-state index contributed by atoms with van der Waals surface area (Å²) in [5.74, 6) is -1.63. The van der Waals surface area contributed by atoms with Gasteiger partial charge in [0.15, 0.2) is 0 Å². The number of nitrogens with two attached hydrogens (primary N) is 1. The topological polar surface area (TPSA) is 61.5 Å². The molecule has 0 heterocycles. The normalized spacial score (nSPS) is 13.2. The molecule has 4 nitrogen and oxygen atoms in total. The minimum absolute atomic E-state index is 0.0439. The summed E-state index contributed by atoms with van der Waals surface area (Å²) in [6, 6.07) is -1.40. The fourth-order valence-electron chi connectivity index (χ4n) is 0.713. The lowest BCUT2D eigenvalue weighted by atomic mass is 10.4. The number of hydrogen-bond donors (Lipinski definition) is 1. The quantitative estimate of drug-likeness (QED) is 0.303. The SMILES string of the molecule is C=COCCOC(=O)C(N)CSC(F)(F)C(F)F. The zero-order chi connectivity index (χ0) is 14.2. The summed E-state index contributed by atoms with van der Waals surface area (Å²) in [5, 5.41) is -4.23. The molecule has 0 amide bonds. The molecule has 106 valence electrons. The molecule has 0 rings (SSSR count). The minimum Gasteiger partial charge on any atom is -0.498 e. The van der Waals surface area contributed by atoms with Gasteiger partial charge in [-0.15, -0.1) is 0 Å². The largest absolute Gasteiger partial charge is 0.498 e. The van der Waals surface area contributed by atoms with Crippen molar-refractivity contribution in [1.82, 2.24) is 0 Å². The van der Waals surface area contributed by atoms with E-state index in [1.54, 1.807) is 0 Å². The number of carbonyl (C=O) groups is 1. The fourth-order valence-corrected chi connectivity index (χ4v) is 1.38. The maximum atomic E-state index is 12.5. The van der Waals surface area contributed by atoms with Crippen LogP contribution in [0.25, 0.3) is 0 Å². The third-order valence-electron chi connectivity index (χ3n) is 1.58. The molecule has 0 saturated carbocycles. The number of esters is 1. The van der Waals surface area contributed by atoms with E-state index >= 15 is 0 Å². The van der Waals surface area contributed by atoms with E-state index in [0.717, 1.165) is 6.26 Å². The summed E-state index contributed by atoms with van der Waals surface area (Å²) < 4.78 is 57.8. The Morgan fingerprint density at radius 2 is 2.06 bits per heavy atom. The van der Waals surface area contributed by atoms with Crippen LogP contribution in [-0.4, -0.2) is 42.7 Å². The molecule has 0 radical (unpaired) electrons. The lowest BCUT2D eigenvalue weighted by Gasteiger charge is -2.16. The zero-order valence-corrected chi connectivity index (χ0v) is 10.1. The van der Waals surface area contributed by atoms with Crippen molar-refractivity contribution >= 4 is 17.7 Å². The van der Waals surface area contributed by atoms with Crippen molar-refractivity contribution in [2.45, 2.75) is 17.7 Å². The monoisotopic (exact) mass is 291 g/mol. The number of thioether (sulfide) groups is 1. The number of alkyl halides is 4. The highest BCUT2D eigenvalue weighted by atomic mass is 32.2. The third-order valence-corrected chi connectivity index (χ3v) is 2.66. The molecule has 0 fully saturated rings. The summed E-state index contributed by atoms with van der Waals surface area (Å²) in [5.41, 5.74) is 5.20. The second-order valence-electron chi connectivity index (χ2n) is 2.98. The van der Waals surface area contributed by atoms with Gasteiger partial charge in [0, 0.05) is 5.75 Å². The van der Waals surface area contributed by atoms with E-state index in [-0.39, 0.29) is 25.0 Å². The molecule has 0 spiro atoms. The molecule has 0 saturated heterocycles. The molecule has 1 unspecified atom stereocenters. The molecule has 0 aliphatic heterocycles. The Balaban J connectivity index is 3.91. The van der Waals surface area contributed by atoms with Crippen molar-refractivity contribution in [2.24, 2.45) is 5.73 Å². The molecule has 9 heteroatoms. The first-order chi connectivity index (χ1) is 8.31. The fraction of sp³-hybridized carbons (Fsp3) is 0.667. The van der Waals surface area contributed by atoms with Gasteiger partial charge in [-0.05, 0) is 0 Å². The van der Waals surface area contributed by atoms with Crippen LogP contribution in [0.3, 0.4) is 0 Å². The van der Waals surface area contributed by atoms with Crippen molar-refractivity contribution in [3.63, 3.8) is 0 Å². The Morgan fingerprint density at radius 1 is 1.44 bits per heavy atom. The molecule has 0 aromatic carbocycles. The standard InChI is InChI=1S/C9H13F4NO3S/c1-2-16-3-4-17-7(15)6(14)5-18-9(12,13)8(10)11/h2,6,8H,1,3-5,14H2. The molecule has 0 bridgehead atoms. The highest BCUT2D eigenvalue weighted by Gasteiger charge is 2.42. The van der Waals surface area contributed by atoms with Crippen molar-refractivity contribution in [2.75, 3.05) is 19.0 Å². The van der Waals surface area contributed by atoms with Crippen molar-refractivity contribution < 1.29 is 31.8 Å². The predicted octanol–water partition coefficient (Wildman–Crippen LogP) is 1.61. The number of ether oxygens (including phenoxy) is 2. The third kappa shape index (κ3) is 6.70. The molecule has 0 aromatic rings. The van der Waals surface area contributed by atoms with Crippen LogP contribution in [0.2, 0.25) is 0 Å². The number of halogens is 4. The zero-order valence-electron chi connectivity index (χ0n) is 9.28. The van der Waals surface area contributed by atoms with Gasteiger partial charge in [0.25, 0.3) is 0 Å². The second-order valence-corrected chi connectivity index (χ2v) is 4.15. The molecular weight excluding hydrogens is 278 g/mol. The Morgan fingerprint density at radius 3 is 2.56 bits per heavy atom. The van der Waals surface area contributed by atoms with Crippen molar-refractivity contribution in [3.8, 4) is 0 Å². The van der Waals surface area contributed by atoms with Crippen LogP contribution in [0, 0.1) is 0 Å². The summed E-state index contributed by atoms with van der Waals surface area (Å²) in [4.78, 5) is 11.1. The van der Waals surface area contributed by atoms with Crippen LogP contribution in [0.5, 0.6) is 0 Å². The van der Waals surface area contributed by atoms with E-state index < -0.39 is 29.4 Å². The Bertz CT molecular complexity index is 279. The maximum Gasteiger partial charge on any atom is 0.353 e. The predicted molar refractivity (Wildman–Crippen MR) is 58.5 cm³/mol. The van der Waals surface area contributed by atoms with E-state index in [1.807, 2.05) is 0 Å². The Kier molecular flexibility index (Phi) is 7.76. The average Bonchev–Trinajstić information content (AvgIpc) is 2.31. The van der Waals surface area contributed by atoms with E-state index in [2.05, 4.69) is 16.1 Å². The first-order valence-electron chi connectivity index (χ1n) is 4.76. The van der Waals surface area contributed by atoms with E-state index in [4.69, 9.17) is 5.73 Å². The first-order valence-corrected chi connectivity index (χ1v) is 5.74. The van der Waals surface area contributed by atoms with Crippen LogP contribution in [0.1, 0.15) is 0 Å². The molecule has 1 atom stereocenters. The summed E-state index contributed by atoms with van der Waals surface area (Å²) in [6.45, 7) is 3.15. The van der Waals surface area contributed by atoms with Gasteiger partial charge in [-0.2, -0.15) is 8.78 Å². The average molecular weight is 291 g/mol. The molecule has 0 aliphatic carbocycles. The maximum absolute atomic E-state index is 12.5. The summed E-state index contributed by atoms with van der Waals surface area (Å²) in [7, 11) is 0. The van der Waals surface area contributed by atoms with Crippen LogP contribution < -0.4 is 5.73 Å². The van der Waals surface area contributed by atoms with Gasteiger partial charge in [-0.25, -0.2) is 8.78 Å². The Labute approximate surface area is 105 Å². The first kappa shape index (κ1) is 17.0. The van der Waals surface area contributed by atoms with Gasteiger partial charge in [0.2, 0.25) is 0 Å². The van der Waals surface area contributed by atoms with Gasteiger partial charge in [0.05, 0.1) is 6.26 Å². The van der Waals surface area contributed by atoms with Crippen LogP contribution in [0.15, 0.2) is 12.8 Å². The van der Waals surface area contributed by atoms with E-state index in [1.165, 1.54) is 0 Å². The minimum atomic E-state index is -4.23. The van der Waals surface area contributed by atoms with Crippen molar-refractivity contribution in [1.29, 1.82) is 0 Å². The highest BCUT2D eigenvalue weighted by Crippen LogP contribution is 2.35. The van der Waals surface area contributed by atoms with Gasteiger partial charge in [-0.3, -0.25) is 4.79 Å². The molecule has 0 aliphatic rings. The number of rotatable bonds is 9. The summed E-state index contributed by atoms with van der Waals surface area (Å²) >= 11 is -0.390. The molecule has 18 heavy (non-hydrogen) atoms. The highest BCUT2D eigenvalue weighted by molar-refractivity contribution is 8.00. The van der Waals surface area contributed by atoms with Crippen LogP contribution in [0.4, 0.5) is 17.6 Å². The lowest BCUT2D eigenvalue weighted by Crippen LogP contribution is -2.37. The van der Waals surface area contributed by atoms with Crippen LogP contribution in [-0.2, 0) is 14.3 Å². The number of hydrogen-bond acceptors (Lipinski definition) is 5.